The van der Waals surface area contributed by atoms with Crippen molar-refractivity contribution >= 4 is 34.3 Å². The van der Waals surface area contributed by atoms with E-state index in [2.05, 4.69) is 50.0 Å². The smallest absolute Gasteiger partial charge is 0.262 e. The number of carbonyl (C=O) groups excluding carboxylic acids is 1. The Balaban J connectivity index is 1.85. The maximum Gasteiger partial charge on any atom is 0.262 e. The Kier molecular flexibility index (Phi) is 8.55. The lowest BCUT2D eigenvalue weighted by Crippen LogP contribution is -2.40. The van der Waals surface area contributed by atoms with E-state index in [1.165, 1.54) is 17.3 Å². The van der Waals surface area contributed by atoms with Gasteiger partial charge in [-0.15, -0.1) is 0 Å². The van der Waals surface area contributed by atoms with Crippen LogP contribution in [0.3, 0.4) is 0 Å². The second kappa shape index (κ2) is 11.2. The monoisotopic (exact) mass is 480 g/mol. The maximum atomic E-state index is 13.3. The second-order valence-electron chi connectivity index (χ2n) is 9.40. The first kappa shape index (κ1) is 26.0. The maximum absolute atomic E-state index is 13.3. The van der Waals surface area contributed by atoms with Crippen LogP contribution in [0.15, 0.2) is 46.3 Å². The fourth-order valence-electron chi connectivity index (χ4n) is 4.47. The van der Waals surface area contributed by atoms with Crippen LogP contribution in [0.5, 0.6) is 0 Å². The molecule has 1 amide bonds. The van der Waals surface area contributed by atoms with Gasteiger partial charge >= 0.3 is 0 Å². The van der Waals surface area contributed by atoms with Crippen molar-refractivity contribution in [2.45, 2.75) is 72.3 Å². The van der Waals surface area contributed by atoms with Crippen LogP contribution in [0.4, 0.5) is 5.69 Å². The van der Waals surface area contributed by atoms with Gasteiger partial charge in [0.1, 0.15) is 0 Å². The van der Waals surface area contributed by atoms with E-state index in [4.69, 9.17) is 4.98 Å². The van der Waals surface area contributed by atoms with Gasteiger partial charge in [0.15, 0.2) is 5.16 Å². The number of thioether (sulfide) groups is 1. The summed E-state index contributed by atoms with van der Waals surface area (Å²) in [5.74, 6) is 0.0651. The van der Waals surface area contributed by atoms with E-state index in [9.17, 15) is 9.59 Å². The molecular weight excluding hydrogens is 444 g/mol. The number of fused-ring (bicyclic) bond motifs is 1. The Labute approximate surface area is 206 Å². The fourth-order valence-corrected chi connectivity index (χ4v) is 5.29. The minimum atomic E-state index is -0.111. The number of hydrogen-bond donors (Lipinski definition) is 1. The third kappa shape index (κ3) is 6.07. The van der Waals surface area contributed by atoms with E-state index in [0.29, 0.717) is 34.7 Å². The Bertz CT molecular complexity index is 1200. The molecule has 6 nitrogen and oxygen atoms in total. The van der Waals surface area contributed by atoms with Gasteiger partial charge in [0, 0.05) is 30.9 Å². The number of anilines is 1. The highest BCUT2D eigenvalue weighted by Crippen LogP contribution is 2.23. The summed E-state index contributed by atoms with van der Waals surface area (Å²) in [4.78, 5) is 33.3. The van der Waals surface area contributed by atoms with Crippen molar-refractivity contribution < 1.29 is 4.79 Å². The molecule has 0 unspecified atom stereocenters. The molecule has 0 fully saturated rings. The zero-order valence-corrected chi connectivity index (χ0v) is 22.1. The van der Waals surface area contributed by atoms with E-state index in [-0.39, 0.29) is 17.2 Å². The van der Waals surface area contributed by atoms with Gasteiger partial charge in [0.05, 0.1) is 16.7 Å². The van der Waals surface area contributed by atoms with Crippen LogP contribution in [0.25, 0.3) is 10.9 Å². The Morgan fingerprint density at radius 2 is 1.68 bits per heavy atom. The molecule has 0 bridgehead atoms. The molecule has 1 heterocycles. The summed E-state index contributed by atoms with van der Waals surface area (Å²) in [6, 6.07) is 12.3. The van der Waals surface area contributed by atoms with Crippen molar-refractivity contribution in [3.63, 3.8) is 0 Å². The molecule has 0 aliphatic heterocycles. The van der Waals surface area contributed by atoms with Crippen molar-refractivity contribution in [3.05, 3.63) is 63.4 Å². The van der Waals surface area contributed by atoms with Crippen molar-refractivity contribution in [1.29, 1.82) is 0 Å². The standard InChI is InChI=1S/C27H36N4O2S/c1-17(2)30(18(3)4)12-13-31-26(33)22-10-8-9-11-23(22)28-27(31)34-16-24(32)29-25-20(6)14-19(5)15-21(25)7/h8-11,14-15,17-18H,12-13,16H2,1-7H3,(H,29,32). The first-order chi connectivity index (χ1) is 16.1. The average Bonchev–Trinajstić information content (AvgIpc) is 2.76. The Morgan fingerprint density at radius 1 is 1.06 bits per heavy atom. The van der Waals surface area contributed by atoms with Crippen LogP contribution < -0.4 is 10.9 Å². The SMILES string of the molecule is Cc1cc(C)c(NC(=O)CSc2nc3ccccc3c(=O)n2CCN(C(C)C)C(C)C)c(C)c1. The molecule has 3 aromatic rings. The lowest BCUT2D eigenvalue weighted by molar-refractivity contribution is -0.113. The summed E-state index contributed by atoms with van der Waals surface area (Å²) in [7, 11) is 0. The number of rotatable bonds is 9. The minimum Gasteiger partial charge on any atom is -0.325 e. The van der Waals surface area contributed by atoms with Gasteiger partial charge < -0.3 is 5.32 Å². The van der Waals surface area contributed by atoms with Gasteiger partial charge in [0.2, 0.25) is 5.91 Å². The van der Waals surface area contributed by atoms with E-state index < -0.39 is 0 Å². The van der Waals surface area contributed by atoms with Crippen LogP contribution in [0.1, 0.15) is 44.4 Å². The van der Waals surface area contributed by atoms with E-state index in [1.807, 2.05) is 45.0 Å². The number of aromatic nitrogens is 2. The number of aryl methyl sites for hydroxylation is 3. The Hall–Kier alpha value is -2.64. The summed E-state index contributed by atoms with van der Waals surface area (Å²) in [6.07, 6.45) is 0. The number of nitrogens with one attached hydrogen (secondary N) is 1. The summed E-state index contributed by atoms with van der Waals surface area (Å²) in [6.45, 7) is 16.0. The summed E-state index contributed by atoms with van der Waals surface area (Å²) in [5.41, 5.74) is 4.69. The van der Waals surface area contributed by atoms with Crippen molar-refractivity contribution in [3.8, 4) is 0 Å². The van der Waals surface area contributed by atoms with Crippen LogP contribution in [-0.4, -0.2) is 44.7 Å². The molecule has 0 spiro atoms. The lowest BCUT2D eigenvalue weighted by atomic mass is 10.1. The van der Waals surface area contributed by atoms with Gasteiger partial charge in [-0.2, -0.15) is 0 Å². The predicted molar refractivity (Wildman–Crippen MR) is 143 cm³/mol. The molecular formula is C27H36N4O2S. The normalized spacial score (nSPS) is 11.7. The van der Waals surface area contributed by atoms with Crippen LogP contribution >= 0.6 is 11.8 Å². The number of carbonyl (C=O) groups is 1. The van der Waals surface area contributed by atoms with Crippen LogP contribution in [0.2, 0.25) is 0 Å². The molecule has 1 N–H and O–H groups in total. The summed E-state index contributed by atoms with van der Waals surface area (Å²) in [5, 5.41) is 4.22. The molecule has 7 heteroatoms. The van der Waals surface area contributed by atoms with Crippen molar-refractivity contribution in [1.82, 2.24) is 14.5 Å². The highest BCUT2D eigenvalue weighted by molar-refractivity contribution is 7.99. The molecule has 0 saturated carbocycles. The summed E-state index contributed by atoms with van der Waals surface area (Å²) >= 11 is 1.31. The third-order valence-corrected chi connectivity index (χ3v) is 6.99. The van der Waals surface area contributed by atoms with Crippen LogP contribution in [0, 0.1) is 20.8 Å². The molecule has 34 heavy (non-hydrogen) atoms. The zero-order valence-electron chi connectivity index (χ0n) is 21.3. The molecule has 0 aliphatic carbocycles. The van der Waals surface area contributed by atoms with Crippen LogP contribution in [-0.2, 0) is 11.3 Å². The zero-order chi connectivity index (χ0) is 25.0. The van der Waals surface area contributed by atoms with Gasteiger partial charge in [0.25, 0.3) is 5.56 Å². The molecule has 0 atom stereocenters. The number of para-hydroxylation sites is 1. The van der Waals surface area contributed by atoms with Gasteiger partial charge in [-0.1, -0.05) is 41.6 Å². The molecule has 2 aromatic carbocycles. The topological polar surface area (TPSA) is 67.2 Å². The number of nitrogens with zero attached hydrogens (tertiary/aromatic N) is 3. The number of amides is 1. The van der Waals surface area contributed by atoms with Crippen molar-refractivity contribution in [2.75, 3.05) is 17.6 Å². The Morgan fingerprint density at radius 3 is 2.29 bits per heavy atom. The van der Waals surface area contributed by atoms with Crippen molar-refractivity contribution in [2.24, 2.45) is 0 Å². The molecule has 1 aromatic heterocycles. The van der Waals surface area contributed by atoms with Gasteiger partial charge in [-0.3, -0.25) is 19.1 Å². The molecule has 3 rings (SSSR count). The van der Waals surface area contributed by atoms with Gasteiger partial charge in [-0.25, -0.2) is 4.98 Å². The lowest BCUT2D eigenvalue weighted by Gasteiger charge is -2.30. The highest BCUT2D eigenvalue weighted by Gasteiger charge is 2.18. The van der Waals surface area contributed by atoms with E-state index in [1.54, 1.807) is 4.57 Å². The average molecular weight is 481 g/mol. The van der Waals surface area contributed by atoms with E-state index in [0.717, 1.165) is 23.4 Å². The molecule has 182 valence electrons. The number of benzene rings is 2. The minimum absolute atomic E-state index is 0.0637. The quantitative estimate of drug-likeness (QED) is 0.338. The second-order valence-corrected chi connectivity index (χ2v) is 10.3. The molecule has 0 aliphatic rings. The number of hydrogen-bond acceptors (Lipinski definition) is 5. The first-order valence-electron chi connectivity index (χ1n) is 11.8. The summed E-state index contributed by atoms with van der Waals surface area (Å²) < 4.78 is 1.72. The third-order valence-electron chi connectivity index (χ3n) is 6.01. The highest BCUT2D eigenvalue weighted by atomic mass is 32.2. The van der Waals surface area contributed by atoms with Gasteiger partial charge in [-0.05, 0) is 71.7 Å². The molecule has 0 saturated heterocycles. The fraction of sp³-hybridized carbons (Fsp3) is 0.444. The predicted octanol–water partition coefficient (Wildman–Crippen LogP) is 5.17. The first-order valence-corrected chi connectivity index (χ1v) is 12.8. The van der Waals surface area contributed by atoms with E-state index >= 15 is 0 Å². The molecule has 0 radical (unpaired) electrons. The largest absolute Gasteiger partial charge is 0.325 e.